The minimum Gasteiger partial charge on any atom is -0.506 e. The monoisotopic (exact) mass is 254 g/mol. The fraction of sp³-hybridized carbons (Fsp3) is 0. The Labute approximate surface area is 108 Å². The zero-order valence-electron chi connectivity index (χ0n) is 9.82. The molecule has 0 fully saturated rings. The molecule has 3 rings (SSSR count). The van der Waals surface area contributed by atoms with Crippen molar-refractivity contribution in [2.24, 2.45) is 0 Å². The van der Waals surface area contributed by atoms with Crippen LogP contribution in [0.3, 0.4) is 0 Å². The number of fused-ring (bicyclic) bond motifs is 1. The van der Waals surface area contributed by atoms with Crippen LogP contribution in [-0.4, -0.2) is 20.1 Å². The van der Waals surface area contributed by atoms with Crippen LogP contribution in [0, 0.1) is 0 Å². The number of phenols is 1. The highest BCUT2D eigenvalue weighted by Crippen LogP contribution is 2.33. The molecule has 0 aliphatic rings. The van der Waals surface area contributed by atoms with Crippen molar-refractivity contribution >= 4 is 16.9 Å². The van der Waals surface area contributed by atoms with Crippen molar-refractivity contribution in [3.8, 4) is 17.4 Å². The van der Waals surface area contributed by atoms with E-state index in [1.54, 1.807) is 36.7 Å². The van der Waals surface area contributed by atoms with Crippen LogP contribution in [0.4, 0.5) is 5.69 Å². The van der Waals surface area contributed by atoms with Crippen molar-refractivity contribution in [3.05, 3.63) is 42.7 Å². The molecule has 94 valence electrons. The van der Waals surface area contributed by atoms with Crippen LogP contribution in [0.25, 0.3) is 11.2 Å². The molecule has 6 heteroatoms. The van der Waals surface area contributed by atoms with Gasteiger partial charge in [-0.15, -0.1) is 0 Å². The van der Waals surface area contributed by atoms with E-state index in [9.17, 15) is 5.11 Å². The van der Waals surface area contributed by atoms with Gasteiger partial charge in [-0.3, -0.25) is 4.98 Å². The molecule has 6 nitrogen and oxygen atoms in total. The van der Waals surface area contributed by atoms with Crippen LogP contribution in [-0.2, 0) is 0 Å². The number of hydrogen-bond donors (Lipinski definition) is 2. The Morgan fingerprint density at radius 1 is 1.05 bits per heavy atom. The lowest BCUT2D eigenvalue weighted by Crippen LogP contribution is -1.95. The molecule has 0 saturated carbocycles. The third-order valence-corrected chi connectivity index (χ3v) is 2.56. The summed E-state index contributed by atoms with van der Waals surface area (Å²) in [6.07, 6.45) is 3.15. The van der Waals surface area contributed by atoms with E-state index in [2.05, 4.69) is 15.0 Å². The first kappa shape index (κ1) is 11.2. The first-order valence-corrected chi connectivity index (χ1v) is 5.57. The standard InChI is InChI=1S/C13H10N4O2/c14-12-9(18)2-1-3-10(12)19-11-5-4-8-13(17-11)16-7-6-15-8/h1-7,18H,14H2. The lowest BCUT2D eigenvalue weighted by molar-refractivity contribution is 0.451. The maximum absolute atomic E-state index is 9.50. The molecule has 3 aromatic rings. The second-order valence-corrected chi connectivity index (χ2v) is 3.84. The molecule has 0 saturated heterocycles. The van der Waals surface area contributed by atoms with Crippen LogP contribution in [0.15, 0.2) is 42.7 Å². The Bertz CT molecular complexity index is 746. The minimum absolute atomic E-state index is 0.0296. The number of rotatable bonds is 2. The van der Waals surface area contributed by atoms with Crippen molar-refractivity contribution in [3.63, 3.8) is 0 Å². The van der Waals surface area contributed by atoms with Gasteiger partial charge < -0.3 is 15.6 Å². The summed E-state index contributed by atoms with van der Waals surface area (Å²) < 4.78 is 5.53. The summed E-state index contributed by atoms with van der Waals surface area (Å²) in [6.45, 7) is 0. The van der Waals surface area contributed by atoms with E-state index in [0.717, 1.165) is 0 Å². The van der Waals surface area contributed by atoms with E-state index < -0.39 is 0 Å². The highest BCUT2D eigenvalue weighted by molar-refractivity contribution is 5.70. The SMILES string of the molecule is Nc1c(O)cccc1Oc1ccc2nccnc2n1. The first-order chi connectivity index (χ1) is 9.24. The van der Waals surface area contributed by atoms with Crippen molar-refractivity contribution in [2.75, 3.05) is 5.73 Å². The highest BCUT2D eigenvalue weighted by atomic mass is 16.5. The molecule has 0 spiro atoms. The summed E-state index contributed by atoms with van der Waals surface area (Å²) in [5.74, 6) is 0.652. The van der Waals surface area contributed by atoms with Crippen LogP contribution in [0.2, 0.25) is 0 Å². The second-order valence-electron chi connectivity index (χ2n) is 3.84. The molecule has 0 unspecified atom stereocenters. The number of pyridine rings is 1. The van der Waals surface area contributed by atoms with Crippen molar-refractivity contribution < 1.29 is 9.84 Å². The van der Waals surface area contributed by atoms with Crippen LogP contribution in [0.1, 0.15) is 0 Å². The van der Waals surface area contributed by atoms with E-state index in [-0.39, 0.29) is 11.4 Å². The van der Waals surface area contributed by atoms with Gasteiger partial charge in [0.2, 0.25) is 5.88 Å². The zero-order chi connectivity index (χ0) is 13.2. The molecule has 3 N–H and O–H groups in total. The van der Waals surface area contributed by atoms with E-state index in [1.165, 1.54) is 6.07 Å². The smallest absolute Gasteiger partial charge is 0.221 e. The third kappa shape index (κ3) is 2.11. The predicted octanol–water partition coefficient (Wildman–Crippen LogP) is 2.10. The van der Waals surface area contributed by atoms with Gasteiger partial charge in [-0.05, 0) is 18.2 Å². The summed E-state index contributed by atoms with van der Waals surface area (Å²) in [6, 6.07) is 8.20. The molecule has 0 bridgehead atoms. The van der Waals surface area contributed by atoms with E-state index in [4.69, 9.17) is 10.5 Å². The van der Waals surface area contributed by atoms with Crippen LogP contribution < -0.4 is 10.5 Å². The van der Waals surface area contributed by atoms with Crippen molar-refractivity contribution in [1.82, 2.24) is 15.0 Å². The molecular formula is C13H10N4O2. The summed E-state index contributed by atoms with van der Waals surface area (Å²) in [4.78, 5) is 12.4. The van der Waals surface area contributed by atoms with Gasteiger partial charge in [0, 0.05) is 18.5 Å². The Balaban J connectivity index is 1.99. The number of para-hydroxylation sites is 1. The molecule has 0 aliphatic carbocycles. The molecule has 19 heavy (non-hydrogen) atoms. The Hall–Kier alpha value is -2.89. The van der Waals surface area contributed by atoms with E-state index in [1.807, 2.05) is 0 Å². The lowest BCUT2D eigenvalue weighted by atomic mass is 10.3. The van der Waals surface area contributed by atoms with Gasteiger partial charge in [0.05, 0.1) is 0 Å². The fourth-order valence-electron chi connectivity index (χ4n) is 1.63. The van der Waals surface area contributed by atoms with E-state index in [0.29, 0.717) is 22.8 Å². The molecular weight excluding hydrogens is 244 g/mol. The van der Waals surface area contributed by atoms with Gasteiger partial charge in [0.1, 0.15) is 17.0 Å². The molecule has 0 atom stereocenters. The fourth-order valence-corrected chi connectivity index (χ4v) is 1.63. The number of aromatic hydroxyl groups is 1. The summed E-state index contributed by atoms with van der Waals surface area (Å²) in [7, 11) is 0. The minimum atomic E-state index is -0.0296. The van der Waals surface area contributed by atoms with Crippen molar-refractivity contribution in [2.45, 2.75) is 0 Å². The molecule has 0 radical (unpaired) electrons. The summed E-state index contributed by atoms with van der Waals surface area (Å²) in [5.41, 5.74) is 7.05. The Morgan fingerprint density at radius 3 is 2.79 bits per heavy atom. The lowest BCUT2D eigenvalue weighted by Gasteiger charge is -2.08. The average Bonchev–Trinajstić information content (AvgIpc) is 2.44. The first-order valence-electron chi connectivity index (χ1n) is 5.57. The Kier molecular flexibility index (Phi) is 2.60. The summed E-state index contributed by atoms with van der Waals surface area (Å²) in [5, 5.41) is 9.50. The molecule has 0 amide bonds. The quantitative estimate of drug-likeness (QED) is 0.537. The topological polar surface area (TPSA) is 94.2 Å². The van der Waals surface area contributed by atoms with Gasteiger partial charge in [-0.1, -0.05) is 6.07 Å². The van der Waals surface area contributed by atoms with Gasteiger partial charge in [0.25, 0.3) is 0 Å². The number of nitrogen functional groups attached to an aromatic ring is 1. The number of hydrogen-bond acceptors (Lipinski definition) is 6. The predicted molar refractivity (Wildman–Crippen MR) is 69.9 cm³/mol. The second kappa shape index (κ2) is 4.41. The molecule has 1 aromatic carbocycles. The zero-order valence-corrected chi connectivity index (χ0v) is 9.82. The van der Waals surface area contributed by atoms with Gasteiger partial charge in [-0.2, -0.15) is 4.98 Å². The number of aromatic nitrogens is 3. The van der Waals surface area contributed by atoms with Gasteiger partial charge >= 0.3 is 0 Å². The maximum Gasteiger partial charge on any atom is 0.221 e. The summed E-state index contributed by atoms with van der Waals surface area (Å²) >= 11 is 0. The largest absolute Gasteiger partial charge is 0.506 e. The van der Waals surface area contributed by atoms with Crippen molar-refractivity contribution in [1.29, 1.82) is 0 Å². The number of phenolic OH excluding ortho intramolecular Hbond substituents is 1. The van der Waals surface area contributed by atoms with Crippen LogP contribution >= 0.6 is 0 Å². The number of anilines is 1. The Morgan fingerprint density at radius 2 is 1.89 bits per heavy atom. The highest BCUT2D eigenvalue weighted by Gasteiger charge is 2.07. The number of nitrogens with two attached hydrogens (primary N) is 1. The molecule has 2 heterocycles. The average molecular weight is 254 g/mol. The molecule has 2 aromatic heterocycles. The number of nitrogens with zero attached hydrogens (tertiary/aromatic N) is 3. The van der Waals surface area contributed by atoms with Gasteiger partial charge in [0.15, 0.2) is 11.4 Å². The molecule has 0 aliphatic heterocycles. The van der Waals surface area contributed by atoms with Gasteiger partial charge in [-0.25, -0.2) is 4.98 Å². The maximum atomic E-state index is 9.50. The van der Waals surface area contributed by atoms with E-state index >= 15 is 0 Å². The van der Waals surface area contributed by atoms with Crippen LogP contribution in [0.5, 0.6) is 17.4 Å². The number of benzene rings is 1. The number of ether oxygens (including phenoxy) is 1. The third-order valence-electron chi connectivity index (χ3n) is 2.56. The normalized spacial score (nSPS) is 10.5.